The summed E-state index contributed by atoms with van der Waals surface area (Å²) in [5.74, 6) is -2.78. The Kier molecular flexibility index (Phi) is 8.28. The number of nitrogens with one attached hydrogen (secondary N) is 1. The lowest BCUT2D eigenvalue weighted by molar-refractivity contribution is -0.148. The molecule has 0 saturated carbocycles. The number of ether oxygens (including phenoxy) is 1. The quantitative estimate of drug-likeness (QED) is 0.592. The number of amides is 3. The maximum absolute atomic E-state index is 13.3. The van der Waals surface area contributed by atoms with E-state index < -0.39 is 29.6 Å². The molecule has 1 aliphatic heterocycles. The van der Waals surface area contributed by atoms with Crippen LogP contribution in [0.5, 0.6) is 5.75 Å². The molecule has 1 heterocycles. The summed E-state index contributed by atoms with van der Waals surface area (Å²) >= 11 is 6.11. The summed E-state index contributed by atoms with van der Waals surface area (Å²) in [4.78, 5) is 51.2. The van der Waals surface area contributed by atoms with Gasteiger partial charge in [-0.05, 0) is 60.2 Å². The van der Waals surface area contributed by atoms with Crippen LogP contribution in [0, 0.1) is 5.92 Å². The van der Waals surface area contributed by atoms with Gasteiger partial charge in [-0.3, -0.25) is 19.3 Å². The number of benzene rings is 2. The van der Waals surface area contributed by atoms with Gasteiger partial charge in [-0.15, -0.1) is 0 Å². The second-order valence-electron chi connectivity index (χ2n) is 8.22. The van der Waals surface area contributed by atoms with E-state index in [-0.39, 0.29) is 37.4 Å². The van der Waals surface area contributed by atoms with Gasteiger partial charge in [-0.1, -0.05) is 30.7 Å². The zero-order chi connectivity index (χ0) is 24.8. The molecule has 2 atom stereocenters. The third-order valence-electron chi connectivity index (χ3n) is 5.99. The Balaban J connectivity index is 1.81. The Morgan fingerprint density at radius 2 is 2.00 bits per heavy atom. The Bertz CT molecular complexity index is 1100. The van der Waals surface area contributed by atoms with Crippen LogP contribution in [-0.2, 0) is 20.8 Å². The van der Waals surface area contributed by atoms with Crippen LogP contribution in [0.4, 0.5) is 0 Å². The third kappa shape index (κ3) is 5.94. The van der Waals surface area contributed by atoms with Gasteiger partial charge in [0.05, 0.1) is 18.6 Å². The molecular formula is C25H27ClN2O6. The number of methoxy groups -OCH3 is 1. The van der Waals surface area contributed by atoms with E-state index in [0.29, 0.717) is 28.3 Å². The molecular weight excluding hydrogens is 460 g/mol. The number of hydrogen-bond acceptors (Lipinski definition) is 5. The minimum absolute atomic E-state index is 0.0220. The maximum atomic E-state index is 13.3. The number of imide groups is 1. The standard InChI is InChI=1S/C25H27ClN2O6/c1-3-15(16-5-4-6-17(9-16)25(32)33)12-23(30)28-14-22(29)27-13-19(24(28)31)10-18-11-20(26)7-8-21(18)34-2/h4-9,11,15,19H,3,10,12-14H2,1-2H3,(H,27,29)(H,32,33)/t15?,19-/m1/s1. The van der Waals surface area contributed by atoms with Gasteiger partial charge in [0.15, 0.2) is 0 Å². The molecule has 2 aromatic rings. The first-order valence-corrected chi connectivity index (χ1v) is 11.4. The van der Waals surface area contributed by atoms with Gasteiger partial charge < -0.3 is 15.2 Å². The maximum Gasteiger partial charge on any atom is 0.335 e. The summed E-state index contributed by atoms with van der Waals surface area (Å²) in [7, 11) is 1.52. The summed E-state index contributed by atoms with van der Waals surface area (Å²) in [5, 5.41) is 12.5. The lowest BCUT2D eigenvalue weighted by Gasteiger charge is -2.24. The molecule has 0 spiro atoms. The van der Waals surface area contributed by atoms with Crippen molar-refractivity contribution in [2.24, 2.45) is 5.92 Å². The van der Waals surface area contributed by atoms with Crippen molar-refractivity contribution >= 4 is 35.3 Å². The fraction of sp³-hybridized carbons (Fsp3) is 0.360. The van der Waals surface area contributed by atoms with Crippen molar-refractivity contribution in [3.05, 3.63) is 64.2 Å². The van der Waals surface area contributed by atoms with E-state index in [1.165, 1.54) is 19.2 Å². The van der Waals surface area contributed by atoms with Crippen molar-refractivity contribution in [3.63, 3.8) is 0 Å². The number of hydrogen-bond donors (Lipinski definition) is 2. The van der Waals surface area contributed by atoms with Crippen molar-refractivity contribution in [1.29, 1.82) is 0 Å². The molecule has 1 fully saturated rings. The van der Waals surface area contributed by atoms with Gasteiger partial charge in [0.1, 0.15) is 12.3 Å². The first kappa shape index (κ1) is 25.2. The summed E-state index contributed by atoms with van der Waals surface area (Å²) in [6, 6.07) is 11.5. The number of carbonyl (C=O) groups is 4. The van der Waals surface area contributed by atoms with Crippen molar-refractivity contribution < 1.29 is 29.0 Å². The summed E-state index contributed by atoms with van der Waals surface area (Å²) in [6.07, 6.45) is 0.780. The van der Waals surface area contributed by atoms with E-state index in [1.807, 2.05) is 6.92 Å². The van der Waals surface area contributed by atoms with Crippen molar-refractivity contribution in [3.8, 4) is 5.75 Å². The minimum atomic E-state index is -1.05. The summed E-state index contributed by atoms with van der Waals surface area (Å²) in [6.45, 7) is 1.62. The second-order valence-corrected chi connectivity index (χ2v) is 8.66. The van der Waals surface area contributed by atoms with Crippen LogP contribution < -0.4 is 10.1 Å². The highest BCUT2D eigenvalue weighted by atomic mass is 35.5. The van der Waals surface area contributed by atoms with Crippen molar-refractivity contribution in [2.45, 2.75) is 32.1 Å². The molecule has 3 rings (SSSR count). The second kappa shape index (κ2) is 11.2. The van der Waals surface area contributed by atoms with Gasteiger partial charge in [0.2, 0.25) is 17.7 Å². The van der Waals surface area contributed by atoms with Crippen molar-refractivity contribution in [1.82, 2.24) is 10.2 Å². The number of carboxylic acid groups (broad SMARTS) is 1. The van der Waals surface area contributed by atoms with E-state index in [9.17, 15) is 24.3 Å². The molecule has 8 nitrogen and oxygen atoms in total. The van der Waals surface area contributed by atoms with E-state index in [0.717, 1.165) is 4.90 Å². The molecule has 180 valence electrons. The molecule has 3 amide bonds. The highest BCUT2D eigenvalue weighted by Crippen LogP contribution is 2.28. The molecule has 2 aromatic carbocycles. The highest BCUT2D eigenvalue weighted by Gasteiger charge is 2.35. The lowest BCUT2D eigenvalue weighted by Crippen LogP contribution is -2.43. The van der Waals surface area contributed by atoms with Gasteiger partial charge >= 0.3 is 5.97 Å². The number of rotatable bonds is 8. The fourth-order valence-electron chi connectivity index (χ4n) is 4.11. The van der Waals surface area contributed by atoms with E-state index in [4.69, 9.17) is 16.3 Å². The molecule has 2 N–H and O–H groups in total. The van der Waals surface area contributed by atoms with Gasteiger partial charge in [-0.25, -0.2) is 4.79 Å². The zero-order valence-electron chi connectivity index (χ0n) is 19.0. The lowest BCUT2D eigenvalue weighted by atomic mass is 9.91. The topological polar surface area (TPSA) is 113 Å². The molecule has 0 radical (unpaired) electrons. The first-order chi connectivity index (χ1) is 16.2. The molecule has 0 aliphatic carbocycles. The predicted octanol–water partition coefficient (Wildman–Crippen LogP) is 3.27. The van der Waals surface area contributed by atoms with Crippen LogP contribution in [0.3, 0.4) is 0 Å². The molecule has 1 saturated heterocycles. The third-order valence-corrected chi connectivity index (χ3v) is 6.23. The van der Waals surface area contributed by atoms with Crippen molar-refractivity contribution in [2.75, 3.05) is 20.2 Å². The van der Waals surface area contributed by atoms with E-state index in [1.54, 1.807) is 30.3 Å². The Hall–Kier alpha value is -3.39. The van der Waals surface area contributed by atoms with Crippen LogP contribution in [0.2, 0.25) is 5.02 Å². The van der Waals surface area contributed by atoms with Crippen LogP contribution in [-0.4, -0.2) is 53.9 Å². The molecule has 9 heteroatoms. The van der Waals surface area contributed by atoms with Crippen LogP contribution in [0.1, 0.15) is 47.2 Å². The Morgan fingerprint density at radius 1 is 1.24 bits per heavy atom. The zero-order valence-corrected chi connectivity index (χ0v) is 19.8. The fourth-order valence-corrected chi connectivity index (χ4v) is 4.30. The Labute approximate surface area is 202 Å². The van der Waals surface area contributed by atoms with Gasteiger partial charge in [0, 0.05) is 18.0 Å². The van der Waals surface area contributed by atoms with Gasteiger partial charge in [-0.2, -0.15) is 0 Å². The van der Waals surface area contributed by atoms with Crippen LogP contribution in [0.15, 0.2) is 42.5 Å². The first-order valence-electron chi connectivity index (χ1n) is 11.0. The summed E-state index contributed by atoms with van der Waals surface area (Å²) < 4.78 is 5.37. The largest absolute Gasteiger partial charge is 0.496 e. The number of halogens is 1. The molecule has 0 aromatic heterocycles. The number of carboxylic acids is 1. The number of carbonyl (C=O) groups excluding carboxylic acids is 3. The van der Waals surface area contributed by atoms with E-state index >= 15 is 0 Å². The van der Waals surface area contributed by atoms with Gasteiger partial charge in [0.25, 0.3) is 0 Å². The average molecular weight is 487 g/mol. The number of nitrogens with zero attached hydrogens (tertiary/aromatic N) is 1. The molecule has 34 heavy (non-hydrogen) atoms. The minimum Gasteiger partial charge on any atom is -0.496 e. The van der Waals surface area contributed by atoms with Crippen LogP contribution in [0.25, 0.3) is 0 Å². The van der Waals surface area contributed by atoms with Crippen LogP contribution >= 0.6 is 11.6 Å². The number of aromatic carboxylic acids is 1. The molecule has 0 bridgehead atoms. The SMILES string of the molecule is CCC(CC(=O)N1CC(=O)NC[C@@H](Cc2cc(Cl)ccc2OC)C1=O)c1cccc(C(=O)O)c1. The average Bonchev–Trinajstić information content (AvgIpc) is 2.96. The predicted molar refractivity (Wildman–Crippen MR) is 126 cm³/mol. The highest BCUT2D eigenvalue weighted by molar-refractivity contribution is 6.30. The molecule has 1 unspecified atom stereocenters. The Morgan fingerprint density at radius 3 is 2.68 bits per heavy atom. The monoisotopic (exact) mass is 486 g/mol. The smallest absolute Gasteiger partial charge is 0.335 e. The normalized spacial score (nSPS) is 17.0. The summed E-state index contributed by atoms with van der Waals surface area (Å²) in [5.41, 5.74) is 1.53. The molecule has 1 aliphatic rings. The van der Waals surface area contributed by atoms with E-state index in [2.05, 4.69) is 5.32 Å².